The number of hydrogen-bond acceptors (Lipinski definition) is 2. The SMILES string of the molecule is CNCC1CCCN(C(C)C)C1c1cc(Cl)cc(Cl)c1. The quantitative estimate of drug-likeness (QED) is 0.887. The predicted molar refractivity (Wildman–Crippen MR) is 87.7 cm³/mol. The van der Waals surface area contributed by atoms with Crippen LogP contribution in [0.2, 0.25) is 10.0 Å². The lowest BCUT2D eigenvalue weighted by Crippen LogP contribution is -2.45. The Hall–Kier alpha value is -0.280. The molecule has 0 bridgehead atoms. The van der Waals surface area contributed by atoms with Crippen molar-refractivity contribution in [3.63, 3.8) is 0 Å². The molecular formula is C16H24Cl2N2. The van der Waals surface area contributed by atoms with Crippen LogP contribution < -0.4 is 5.32 Å². The number of benzene rings is 1. The summed E-state index contributed by atoms with van der Waals surface area (Å²) in [5, 5.41) is 4.79. The zero-order chi connectivity index (χ0) is 14.7. The van der Waals surface area contributed by atoms with Crippen molar-refractivity contribution >= 4 is 23.2 Å². The van der Waals surface area contributed by atoms with Gasteiger partial charge in [0, 0.05) is 22.1 Å². The smallest absolute Gasteiger partial charge is 0.0424 e. The van der Waals surface area contributed by atoms with Crippen molar-refractivity contribution in [2.75, 3.05) is 20.1 Å². The van der Waals surface area contributed by atoms with Gasteiger partial charge in [0.2, 0.25) is 0 Å². The Bertz CT molecular complexity index is 426. The minimum atomic E-state index is 0.396. The molecule has 1 aliphatic rings. The molecule has 2 rings (SSSR count). The molecule has 0 radical (unpaired) electrons. The van der Waals surface area contributed by atoms with Crippen molar-refractivity contribution in [3.05, 3.63) is 33.8 Å². The first-order chi connectivity index (χ1) is 9.52. The normalized spacial score (nSPS) is 24.3. The Morgan fingerprint density at radius 1 is 1.25 bits per heavy atom. The highest BCUT2D eigenvalue weighted by atomic mass is 35.5. The second-order valence-electron chi connectivity index (χ2n) is 5.94. The van der Waals surface area contributed by atoms with Crippen LogP contribution >= 0.6 is 23.2 Å². The molecule has 1 aromatic carbocycles. The molecule has 1 N–H and O–H groups in total. The molecule has 0 aliphatic carbocycles. The second kappa shape index (κ2) is 7.13. The third kappa shape index (κ3) is 3.67. The second-order valence-corrected chi connectivity index (χ2v) is 6.81. The average Bonchev–Trinajstić information content (AvgIpc) is 2.37. The summed E-state index contributed by atoms with van der Waals surface area (Å²) in [5.41, 5.74) is 1.25. The average molecular weight is 315 g/mol. The summed E-state index contributed by atoms with van der Waals surface area (Å²) in [6.45, 7) is 6.70. The van der Waals surface area contributed by atoms with E-state index in [-0.39, 0.29) is 0 Å². The van der Waals surface area contributed by atoms with E-state index in [0.717, 1.165) is 23.1 Å². The highest BCUT2D eigenvalue weighted by molar-refractivity contribution is 6.34. The molecule has 4 heteroatoms. The molecule has 2 unspecified atom stereocenters. The molecule has 2 nitrogen and oxygen atoms in total. The lowest BCUT2D eigenvalue weighted by molar-refractivity contribution is 0.0636. The van der Waals surface area contributed by atoms with E-state index < -0.39 is 0 Å². The maximum Gasteiger partial charge on any atom is 0.0424 e. The van der Waals surface area contributed by atoms with Gasteiger partial charge < -0.3 is 5.32 Å². The van der Waals surface area contributed by atoms with Crippen LogP contribution in [0.15, 0.2) is 18.2 Å². The summed E-state index contributed by atoms with van der Waals surface area (Å²) in [4.78, 5) is 2.58. The van der Waals surface area contributed by atoms with E-state index in [1.165, 1.54) is 18.4 Å². The van der Waals surface area contributed by atoms with Gasteiger partial charge in [0.15, 0.2) is 0 Å². The molecule has 1 aliphatic heterocycles. The van der Waals surface area contributed by atoms with Gasteiger partial charge in [-0.3, -0.25) is 4.90 Å². The van der Waals surface area contributed by atoms with Crippen molar-refractivity contribution < 1.29 is 0 Å². The lowest BCUT2D eigenvalue weighted by atomic mass is 9.83. The Kier molecular flexibility index (Phi) is 5.74. The van der Waals surface area contributed by atoms with Gasteiger partial charge >= 0.3 is 0 Å². The predicted octanol–water partition coefficient (Wildman–Crippen LogP) is 4.37. The highest BCUT2D eigenvalue weighted by Crippen LogP contribution is 2.38. The van der Waals surface area contributed by atoms with E-state index in [1.54, 1.807) is 0 Å². The number of nitrogens with one attached hydrogen (secondary N) is 1. The maximum atomic E-state index is 6.20. The minimum Gasteiger partial charge on any atom is -0.319 e. The van der Waals surface area contributed by atoms with Crippen molar-refractivity contribution in [3.8, 4) is 0 Å². The topological polar surface area (TPSA) is 15.3 Å². The lowest BCUT2D eigenvalue weighted by Gasteiger charge is -2.44. The largest absolute Gasteiger partial charge is 0.319 e. The molecule has 0 aromatic heterocycles. The van der Waals surface area contributed by atoms with Gasteiger partial charge in [0.1, 0.15) is 0 Å². The van der Waals surface area contributed by atoms with E-state index in [2.05, 4.69) is 36.2 Å². The van der Waals surface area contributed by atoms with E-state index in [4.69, 9.17) is 23.2 Å². The Morgan fingerprint density at radius 2 is 1.90 bits per heavy atom. The van der Waals surface area contributed by atoms with Crippen molar-refractivity contribution in [2.24, 2.45) is 5.92 Å². The van der Waals surface area contributed by atoms with Crippen LogP contribution in [0.5, 0.6) is 0 Å². The number of piperidine rings is 1. The van der Waals surface area contributed by atoms with Crippen LogP contribution in [0, 0.1) is 5.92 Å². The summed E-state index contributed by atoms with van der Waals surface area (Å²) in [6, 6.07) is 6.87. The summed E-state index contributed by atoms with van der Waals surface area (Å²) in [5.74, 6) is 0.602. The molecule has 20 heavy (non-hydrogen) atoms. The third-order valence-corrected chi connectivity index (χ3v) is 4.59. The van der Waals surface area contributed by atoms with Crippen molar-refractivity contribution in [1.82, 2.24) is 10.2 Å². The zero-order valence-electron chi connectivity index (χ0n) is 12.5. The number of hydrogen-bond donors (Lipinski definition) is 1. The molecule has 1 fully saturated rings. The number of likely N-dealkylation sites (tertiary alicyclic amines) is 1. The summed E-state index contributed by atoms with van der Waals surface area (Å²) in [7, 11) is 2.02. The van der Waals surface area contributed by atoms with Crippen LogP contribution in [-0.2, 0) is 0 Å². The molecule has 112 valence electrons. The van der Waals surface area contributed by atoms with Gasteiger partial charge in [-0.05, 0) is 76.5 Å². The van der Waals surface area contributed by atoms with Gasteiger partial charge in [-0.25, -0.2) is 0 Å². The van der Waals surface area contributed by atoms with Gasteiger partial charge in [-0.1, -0.05) is 23.2 Å². The minimum absolute atomic E-state index is 0.396. The van der Waals surface area contributed by atoms with E-state index in [9.17, 15) is 0 Å². The molecule has 2 atom stereocenters. The van der Waals surface area contributed by atoms with Gasteiger partial charge in [0.05, 0.1) is 0 Å². The van der Waals surface area contributed by atoms with E-state index in [0.29, 0.717) is 18.0 Å². The first-order valence-electron chi connectivity index (χ1n) is 7.39. The van der Waals surface area contributed by atoms with Gasteiger partial charge in [0.25, 0.3) is 0 Å². The van der Waals surface area contributed by atoms with Gasteiger partial charge in [-0.15, -0.1) is 0 Å². The number of halogens is 2. The molecular weight excluding hydrogens is 291 g/mol. The summed E-state index contributed by atoms with van der Waals surface area (Å²) in [6.07, 6.45) is 2.51. The van der Waals surface area contributed by atoms with Crippen LogP contribution in [0.3, 0.4) is 0 Å². The molecule has 1 aromatic rings. The Balaban J connectivity index is 2.37. The van der Waals surface area contributed by atoms with E-state index in [1.807, 2.05) is 13.1 Å². The zero-order valence-corrected chi connectivity index (χ0v) is 14.0. The molecule has 0 spiro atoms. The fourth-order valence-corrected chi connectivity index (χ4v) is 3.91. The number of nitrogens with zero attached hydrogens (tertiary/aromatic N) is 1. The Labute approximate surface area is 132 Å². The fraction of sp³-hybridized carbons (Fsp3) is 0.625. The van der Waals surface area contributed by atoms with Crippen LogP contribution in [0.25, 0.3) is 0 Å². The number of rotatable bonds is 4. The van der Waals surface area contributed by atoms with Crippen LogP contribution in [-0.4, -0.2) is 31.1 Å². The Morgan fingerprint density at radius 3 is 2.45 bits per heavy atom. The van der Waals surface area contributed by atoms with Crippen molar-refractivity contribution in [2.45, 2.75) is 38.8 Å². The standard InChI is InChI=1S/C16H24Cl2N2/c1-11(2)20-6-4-5-12(10-19-3)16(20)13-7-14(17)9-15(18)8-13/h7-9,11-12,16,19H,4-6,10H2,1-3H3. The van der Waals surface area contributed by atoms with Crippen LogP contribution in [0.1, 0.15) is 38.3 Å². The van der Waals surface area contributed by atoms with Crippen LogP contribution in [0.4, 0.5) is 0 Å². The highest BCUT2D eigenvalue weighted by Gasteiger charge is 2.33. The summed E-state index contributed by atoms with van der Waals surface area (Å²) < 4.78 is 0. The molecule has 1 heterocycles. The first-order valence-corrected chi connectivity index (χ1v) is 8.15. The molecule has 0 saturated carbocycles. The first kappa shape index (κ1) is 16.1. The monoisotopic (exact) mass is 314 g/mol. The fourth-order valence-electron chi connectivity index (χ4n) is 3.37. The van der Waals surface area contributed by atoms with Crippen molar-refractivity contribution in [1.29, 1.82) is 0 Å². The molecule has 1 saturated heterocycles. The van der Waals surface area contributed by atoms with E-state index >= 15 is 0 Å². The molecule has 0 amide bonds. The third-order valence-electron chi connectivity index (χ3n) is 4.15. The summed E-state index contributed by atoms with van der Waals surface area (Å²) >= 11 is 12.4. The van der Waals surface area contributed by atoms with Gasteiger partial charge in [-0.2, -0.15) is 0 Å². The maximum absolute atomic E-state index is 6.20.